The van der Waals surface area contributed by atoms with E-state index in [1.54, 1.807) is 17.8 Å². The largest absolute Gasteiger partial charge is 0.464 e. The van der Waals surface area contributed by atoms with E-state index in [2.05, 4.69) is 15.2 Å². The lowest BCUT2D eigenvalue weighted by molar-refractivity contribution is -0.147. The van der Waals surface area contributed by atoms with Crippen LogP contribution in [0, 0.1) is 0 Å². The Hall–Kier alpha value is -1.89. The van der Waals surface area contributed by atoms with Crippen LogP contribution in [-0.2, 0) is 20.9 Å². The summed E-state index contributed by atoms with van der Waals surface area (Å²) >= 11 is 0. The Morgan fingerprint density at radius 1 is 1.56 bits per heavy atom. The molecule has 0 radical (unpaired) electrons. The van der Waals surface area contributed by atoms with Crippen LogP contribution in [0.3, 0.4) is 0 Å². The third kappa shape index (κ3) is 4.54. The third-order valence-electron chi connectivity index (χ3n) is 2.25. The predicted octanol–water partition coefficient (Wildman–Crippen LogP) is -0.720. The number of ether oxygens (including phenoxy) is 1. The summed E-state index contributed by atoms with van der Waals surface area (Å²) in [5.41, 5.74) is 5.42. The van der Waals surface area contributed by atoms with E-state index in [0.717, 1.165) is 0 Å². The minimum absolute atomic E-state index is 0.207. The highest BCUT2D eigenvalue weighted by Crippen LogP contribution is 1.90. The minimum atomic E-state index is -1.25. The van der Waals surface area contributed by atoms with Gasteiger partial charge in [-0.3, -0.25) is 9.48 Å². The molecule has 0 saturated heterocycles. The monoisotopic (exact) mass is 254 g/mol. The Kier molecular flexibility index (Phi) is 5.86. The highest BCUT2D eigenvalue weighted by Gasteiger charge is 2.22. The molecule has 0 spiro atoms. The van der Waals surface area contributed by atoms with Crippen LogP contribution in [0.5, 0.6) is 0 Å². The fourth-order valence-corrected chi connectivity index (χ4v) is 1.33. The molecule has 1 heterocycles. The van der Waals surface area contributed by atoms with Gasteiger partial charge in [-0.05, 0) is 19.4 Å². The van der Waals surface area contributed by atoms with Crippen LogP contribution in [0.4, 0.5) is 0 Å². The third-order valence-corrected chi connectivity index (χ3v) is 2.25. The summed E-state index contributed by atoms with van der Waals surface area (Å²) in [5, 5.41) is 6.60. The highest BCUT2D eigenvalue weighted by molar-refractivity contribution is 6.01. The fraction of sp³-hybridized carbons (Fsp3) is 0.545. The van der Waals surface area contributed by atoms with E-state index in [-0.39, 0.29) is 6.61 Å². The van der Waals surface area contributed by atoms with E-state index in [9.17, 15) is 9.59 Å². The molecular weight excluding hydrogens is 236 g/mol. The maximum absolute atomic E-state index is 11.5. The zero-order valence-corrected chi connectivity index (χ0v) is 10.3. The Labute approximate surface area is 105 Å². The normalized spacial score (nSPS) is 11.9. The number of nitrogens with zero attached hydrogens (tertiary/aromatic N) is 2. The summed E-state index contributed by atoms with van der Waals surface area (Å²) in [5.74, 6) is -1.23. The summed E-state index contributed by atoms with van der Waals surface area (Å²) in [6.07, 6.45) is 4.24. The van der Waals surface area contributed by atoms with Crippen LogP contribution >= 0.6 is 0 Å². The summed E-state index contributed by atoms with van der Waals surface area (Å²) < 4.78 is 6.41. The zero-order chi connectivity index (χ0) is 13.4. The second-order valence-corrected chi connectivity index (χ2v) is 3.64. The number of esters is 1. The second-order valence-electron chi connectivity index (χ2n) is 3.64. The van der Waals surface area contributed by atoms with E-state index in [1.165, 1.54) is 0 Å². The number of carbonyl (C=O) groups excluding carboxylic acids is 2. The molecule has 7 heteroatoms. The molecule has 1 unspecified atom stereocenters. The molecule has 0 aliphatic heterocycles. The minimum Gasteiger partial charge on any atom is -0.464 e. The molecule has 1 aromatic rings. The quantitative estimate of drug-likeness (QED) is 0.380. The number of hydrogen-bond acceptors (Lipinski definition) is 5. The van der Waals surface area contributed by atoms with Crippen LogP contribution in [-0.4, -0.2) is 40.9 Å². The van der Waals surface area contributed by atoms with E-state index in [1.807, 2.05) is 12.3 Å². The topological polar surface area (TPSA) is 99.2 Å². The number of carbonyl (C=O) groups is 2. The van der Waals surface area contributed by atoms with Gasteiger partial charge >= 0.3 is 5.97 Å². The summed E-state index contributed by atoms with van der Waals surface area (Å²) in [6.45, 7) is 3.00. The van der Waals surface area contributed by atoms with Crippen LogP contribution in [0.2, 0.25) is 0 Å². The van der Waals surface area contributed by atoms with Crippen molar-refractivity contribution in [3.05, 3.63) is 18.5 Å². The molecule has 0 aromatic carbocycles. The van der Waals surface area contributed by atoms with Gasteiger partial charge < -0.3 is 15.8 Å². The van der Waals surface area contributed by atoms with Crippen molar-refractivity contribution in [3.8, 4) is 0 Å². The molecule has 0 saturated carbocycles. The fourth-order valence-electron chi connectivity index (χ4n) is 1.33. The van der Waals surface area contributed by atoms with Gasteiger partial charge in [0.25, 0.3) is 0 Å². The molecule has 100 valence electrons. The van der Waals surface area contributed by atoms with Crippen molar-refractivity contribution in [2.75, 3.05) is 13.2 Å². The smallest absolute Gasteiger partial charge is 0.332 e. The number of aromatic nitrogens is 2. The molecule has 18 heavy (non-hydrogen) atoms. The van der Waals surface area contributed by atoms with Gasteiger partial charge in [0.15, 0.2) is 6.04 Å². The summed E-state index contributed by atoms with van der Waals surface area (Å²) in [7, 11) is 0. The standard InChI is InChI=1S/C11H18N4O3/c1-2-18-11(17)9(12)10(16)13-5-3-7-15-8-4-6-14-15/h4,6,8-9H,2-3,5,7,12H2,1H3,(H,13,16). The Morgan fingerprint density at radius 2 is 2.33 bits per heavy atom. The van der Waals surface area contributed by atoms with Gasteiger partial charge in [-0.1, -0.05) is 0 Å². The summed E-state index contributed by atoms with van der Waals surface area (Å²) in [6, 6.07) is 0.574. The number of amides is 1. The molecule has 1 amide bonds. The number of rotatable bonds is 7. The lowest BCUT2D eigenvalue weighted by atomic mass is 10.3. The first-order valence-corrected chi connectivity index (χ1v) is 5.82. The number of aryl methyl sites for hydroxylation is 1. The first kappa shape index (κ1) is 14.2. The van der Waals surface area contributed by atoms with Crippen LogP contribution in [0.25, 0.3) is 0 Å². The second kappa shape index (κ2) is 7.44. The van der Waals surface area contributed by atoms with Gasteiger partial charge in [0.2, 0.25) is 5.91 Å². The molecule has 0 bridgehead atoms. The molecule has 3 N–H and O–H groups in total. The average molecular weight is 254 g/mol. The predicted molar refractivity (Wildman–Crippen MR) is 64.5 cm³/mol. The van der Waals surface area contributed by atoms with E-state index < -0.39 is 17.9 Å². The van der Waals surface area contributed by atoms with Gasteiger partial charge in [0, 0.05) is 25.5 Å². The van der Waals surface area contributed by atoms with Gasteiger partial charge in [0.1, 0.15) is 0 Å². The maximum atomic E-state index is 11.5. The van der Waals surface area contributed by atoms with Crippen molar-refractivity contribution >= 4 is 11.9 Å². The van der Waals surface area contributed by atoms with Crippen LogP contribution in [0.15, 0.2) is 18.5 Å². The van der Waals surface area contributed by atoms with Crippen molar-refractivity contribution in [2.45, 2.75) is 25.9 Å². The average Bonchev–Trinajstić information content (AvgIpc) is 2.86. The van der Waals surface area contributed by atoms with Gasteiger partial charge in [-0.25, -0.2) is 4.79 Å². The van der Waals surface area contributed by atoms with Crippen LogP contribution in [0.1, 0.15) is 13.3 Å². The maximum Gasteiger partial charge on any atom is 0.332 e. The van der Waals surface area contributed by atoms with E-state index >= 15 is 0 Å². The molecule has 0 fully saturated rings. The van der Waals surface area contributed by atoms with E-state index in [4.69, 9.17) is 5.73 Å². The first-order valence-electron chi connectivity index (χ1n) is 5.82. The lowest BCUT2D eigenvalue weighted by Crippen LogP contribution is -2.47. The highest BCUT2D eigenvalue weighted by atomic mass is 16.5. The molecule has 1 atom stereocenters. The van der Waals surface area contributed by atoms with Crippen molar-refractivity contribution in [3.63, 3.8) is 0 Å². The Balaban J connectivity index is 2.18. The molecular formula is C11H18N4O3. The SMILES string of the molecule is CCOC(=O)C(N)C(=O)NCCCn1cccn1. The zero-order valence-electron chi connectivity index (χ0n) is 10.3. The number of nitrogens with two attached hydrogens (primary N) is 1. The van der Waals surface area contributed by atoms with Crippen LogP contribution < -0.4 is 11.1 Å². The Morgan fingerprint density at radius 3 is 2.94 bits per heavy atom. The molecule has 1 aromatic heterocycles. The molecule has 0 aliphatic rings. The molecule has 0 aliphatic carbocycles. The molecule has 1 rings (SSSR count). The van der Waals surface area contributed by atoms with E-state index in [0.29, 0.717) is 19.5 Å². The first-order chi connectivity index (χ1) is 8.65. The number of nitrogens with one attached hydrogen (secondary N) is 1. The summed E-state index contributed by atoms with van der Waals surface area (Å²) in [4.78, 5) is 22.6. The van der Waals surface area contributed by atoms with Gasteiger partial charge in [-0.15, -0.1) is 0 Å². The number of hydrogen-bond donors (Lipinski definition) is 2. The van der Waals surface area contributed by atoms with Crippen molar-refractivity contribution in [2.24, 2.45) is 5.73 Å². The Bertz CT molecular complexity index is 378. The van der Waals surface area contributed by atoms with Gasteiger partial charge in [-0.2, -0.15) is 5.10 Å². The molecule has 7 nitrogen and oxygen atoms in total. The van der Waals surface area contributed by atoms with Crippen molar-refractivity contribution in [1.82, 2.24) is 15.1 Å². The van der Waals surface area contributed by atoms with Gasteiger partial charge in [0.05, 0.1) is 6.61 Å². The lowest BCUT2D eigenvalue weighted by Gasteiger charge is -2.11. The van der Waals surface area contributed by atoms with Crippen molar-refractivity contribution in [1.29, 1.82) is 0 Å². The van der Waals surface area contributed by atoms with Crippen molar-refractivity contribution < 1.29 is 14.3 Å².